The van der Waals surface area contributed by atoms with E-state index >= 15 is 0 Å². The molecule has 0 unspecified atom stereocenters. The Kier molecular flexibility index (Phi) is 5.38. The van der Waals surface area contributed by atoms with Crippen molar-refractivity contribution in [2.45, 2.75) is 33.1 Å². The lowest BCUT2D eigenvalue weighted by Gasteiger charge is -2.10. The molecule has 0 heterocycles. The minimum absolute atomic E-state index is 0.217. The van der Waals surface area contributed by atoms with E-state index in [1.807, 2.05) is 43.3 Å². The molecule has 2 amide bonds. The summed E-state index contributed by atoms with van der Waals surface area (Å²) in [6, 6.07) is 15.5. The molecule has 0 spiro atoms. The van der Waals surface area contributed by atoms with E-state index in [9.17, 15) is 4.79 Å². The Balaban J connectivity index is 1.92. The number of aryl methyl sites for hydroxylation is 2. The Hall–Kier alpha value is -2.29. The van der Waals surface area contributed by atoms with Crippen molar-refractivity contribution in [3.63, 3.8) is 0 Å². The summed E-state index contributed by atoms with van der Waals surface area (Å²) in [5.74, 6) is 0. The molecule has 0 radical (unpaired) electrons. The molecular weight excluding hydrogens is 260 g/mol. The lowest BCUT2D eigenvalue weighted by molar-refractivity contribution is 0.262. The summed E-state index contributed by atoms with van der Waals surface area (Å²) in [7, 11) is 0. The number of rotatable bonds is 5. The van der Waals surface area contributed by atoms with Gasteiger partial charge in [-0.15, -0.1) is 0 Å². The van der Waals surface area contributed by atoms with Crippen molar-refractivity contribution in [3.05, 3.63) is 59.7 Å². The van der Waals surface area contributed by atoms with E-state index in [2.05, 4.69) is 29.7 Å². The van der Waals surface area contributed by atoms with Crippen molar-refractivity contribution in [1.29, 1.82) is 0 Å². The summed E-state index contributed by atoms with van der Waals surface area (Å²) in [4.78, 5) is 12.0. The number of amides is 2. The Morgan fingerprint density at radius 2 is 1.71 bits per heavy atom. The number of urea groups is 1. The molecule has 110 valence electrons. The molecule has 3 nitrogen and oxygen atoms in total. The zero-order chi connectivity index (χ0) is 15.1. The van der Waals surface area contributed by atoms with Crippen LogP contribution in [0.5, 0.6) is 0 Å². The van der Waals surface area contributed by atoms with Crippen molar-refractivity contribution in [2.75, 3.05) is 10.6 Å². The van der Waals surface area contributed by atoms with Crippen molar-refractivity contribution < 1.29 is 4.79 Å². The number of benzene rings is 2. The SMILES string of the molecule is CCCCc1ccc(NC(=O)Nc2ccccc2C)cc1. The van der Waals surface area contributed by atoms with E-state index in [0.29, 0.717) is 0 Å². The average Bonchev–Trinajstić information content (AvgIpc) is 2.49. The highest BCUT2D eigenvalue weighted by Crippen LogP contribution is 2.15. The first-order chi connectivity index (χ1) is 10.2. The zero-order valence-electron chi connectivity index (χ0n) is 12.6. The normalized spacial score (nSPS) is 10.2. The van der Waals surface area contributed by atoms with Gasteiger partial charge in [0.2, 0.25) is 0 Å². The number of hydrogen-bond acceptors (Lipinski definition) is 1. The van der Waals surface area contributed by atoms with Gasteiger partial charge in [0.05, 0.1) is 0 Å². The molecule has 2 rings (SSSR count). The van der Waals surface area contributed by atoms with E-state index in [0.717, 1.165) is 23.4 Å². The van der Waals surface area contributed by atoms with E-state index in [1.165, 1.54) is 18.4 Å². The number of anilines is 2. The highest BCUT2D eigenvalue weighted by Gasteiger charge is 2.04. The van der Waals surface area contributed by atoms with E-state index in [4.69, 9.17) is 0 Å². The molecule has 0 bridgehead atoms. The highest BCUT2D eigenvalue weighted by atomic mass is 16.2. The van der Waals surface area contributed by atoms with E-state index in [-0.39, 0.29) is 6.03 Å². The second-order valence-electron chi connectivity index (χ2n) is 5.19. The maximum absolute atomic E-state index is 12.0. The topological polar surface area (TPSA) is 41.1 Å². The number of unbranched alkanes of at least 4 members (excludes halogenated alkanes) is 1. The molecule has 0 aliphatic carbocycles. The smallest absolute Gasteiger partial charge is 0.308 e. The average molecular weight is 282 g/mol. The summed E-state index contributed by atoms with van der Waals surface area (Å²) < 4.78 is 0. The largest absolute Gasteiger partial charge is 0.323 e. The van der Waals surface area contributed by atoms with Crippen LogP contribution in [-0.4, -0.2) is 6.03 Å². The van der Waals surface area contributed by atoms with Gasteiger partial charge in [-0.1, -0.05) is 43.7 Å². The van der Waals surface area contributed by atoms with Gasteiger partial charge in [0.15, 0.2) is 0 Å². The summed E-state index contributed by atoms with van der Waals surface area (Å²) >= 11 is 0. The monoisotopic (exact) mass is 282 g/mol. The van der Waals surface area contributed by atoms with Crippen LogP contribution in [0.1, 0.15) is 30.9 Å². The Morgan fingerprint density at radius 1 is 1.00 bits per heavy atom. The van der Waals surface area contributed by atoms with Crippen LogP contribution >= 0.6 is 0 Å². The van der Waals surface area contributed by atoms with Crippen LogP contribution in [0.2, 0.25) is 0 Å². The maximum atomic E-state index is 12.0. The summed E-state index contributed by atoms with van der Waals surface area (Å²) in [5.41, 5.74) is 3.99. The summed E-state index contributed by atoms with van der Waals surface area (Å²) in [6.07, 6.45) is 3.48. The van der Waals surface area contributed by atoms with Gasteiger partial charge in [0.1, 0.15) is 0 Å². The van der Waals surface area contributed by atoms with E-state index < -0.39 is 0 Å². The van der Waals surface area contributed by atoms with Crippen molar-refractivity contribution in [3.8, 4) is 0 Å². The predicted octanol–water partition coefficient (Wildman–Crippen LogP) is 4.98. The summed E-state index contributed by atoms with van der Waals surface area (Å²) in [6.45, 7) is 4.16. The Morgan fingerprint density at radius 3 is 2.38 bits per heavy atom. The third-order valence-corrected chi connectivity index (χ3v) is 3.42. The van der Waals surface area contributed by atoms with Crippen LogP contribution in [0.15, 0.2) is 48.5 Å². The molecule has 0 aliphatic rings. The van der Waals surface area contributed by atoms with Crippen molar-refractivity contribution >= 4 is 17.4 Å². The van der Waals surface area contributed by atoms with Crippen LogP contribution in [0, 0.1) is 6.92 Å². The minimum atomic E-state index is -0.217. The number of carbonyl (C=O) groups excluding carboxylic acids is 1. The second-order valence-corrected chi connectivity index (χ2v) is 5.19. The van der Waals surface area contributed by atoms with Gasteiger partial charge < -0.3 is 10.6 Å². The van der Waals surface area contributed by atoms with Crippen molar-refractivity contribution in [1.82, 2.24) is 0 Å². The minimum Gasteiger partial charge on any atom is -0.308 e. The molecule has 0 saturated heterocycles. The van der Waals surface area contributed by atoms with Crippen LogP contribution in [-0.2, 0) is 6.42 Å². The molecule has 2 aromatic rings. The zero-order valence-corrected chi connectivity index (χ0v) is 12.6. The first kappa shape index (κ1) is 15.1. The highest BCUT2D eigenvalue weighted by molar-refractivity contribution is 6.00. The number of hydrogen-bond donors (Lipinski definition) is 2. The molecule has 2 aromatic carbocycles. The predicted molar refractivity (Wildman–Crippen MR) is 88.9 cm³/mol. The fraction of sp³-hybridized carbons (Fsp3) is 0.278. The molecule has 3 heteroatoms. The molecule has 0 saturated carbocycles. The van der Waals surface area contributed by atoms with Crippen LogP contribution < -0.4 is 10.6 Å². The fourth-order valence-electron chi connectivity index (χ4n) is 2.13. The van der Waals surface area contributed by atoms with Gasteiger partial charge in [-0.05, 0) is 49.1 Å². The van der Waals surface area contributed by atoms with Gasteiger partial charge in [0, 0.05) is 11.4 Å². The summed E-state index contributed by atoms with van der Waals surface area (Å²) in [5, 5.41) is 5.71. The molecule has 0 aromatic heterocycles. The van der Waals surface area contributed by atoms with Crippen molar-refractivity contribution in [2.24, 2.45) is 0 Å². The van der Waals surface area contributed by atoms with Gasteiger partial charge in [-0.2, -0.15) is 0 Å². The number of carbonyl (C=O) groups is 1. The van der Waals surface area contributed by atoms with Gasteiger partial charge in [-0.3, -0.25) is 0 Å². The Labute approximate surface area is 126 Å². The van der Waals surface area contributed by atoms with Crippen LogP contribution in [0.3, 0.4) is 0 Å². The maximum Gasteiger partial charge on any atom is 0.323 e. The Bertz CT molecular complexity index is 590. The quantitative estimate of drug-likeness (QED) is 0.797. The molecule has 21 heavy (non-hydrogen) atoms. The molecule has 0 atom stereocenters. The first-order valence-corrected chi connectivity index (χ1v) is 7.41. The second kappa shape index (κ2) is 7.48. The lowest BCUT2D eigenvalue weighted by atomic mass is 10.1. The third-order valence-electron chi connectivity index (χ3n) is 3.42. The molecule has 2 N–H and O–H groups in total. The lowest BCUT2D eigenvalue weighted by Crippen LogP contribution is -2.19. The van der Waals surface area contributed by atoms with Crippen LogP contribution in [0.4, 0.5) is 16.2 Å². The van der Waals surface area contributed by atoms with Gasteiger partial charge in [0.25, 0.3) is 0 Å². The number of para-hydroxylation sites is 1. The standard InChI is InChI=1S/C18H22N2O/c1-3-4-8-15-10-12-16(13-11-15)19-18(21)20-17-9-6-5-7-14(17)2/h5-7,9-13H,3-4,8H2,1-2H3,(H2,19,20,21). The van der Waals surface area contributed by atoms with Crippen LogP contribution in [0.25, 0.3) is 0 Å². The van der Waals surface area contributed by atoms with Gasteiger partial charge >= 0.3 is 6.03 Å². The first-order valence-electron chi connectivity index (χ1n) is 7.41. The van der Waals surface area contributed by atoms with E-state index in [1.54, 1.807) is 0 Å². The molecular formula is C18H22N2O. The molecule has 0 aliphatic heterocycles. The third kappa shape index (κ3) is 4.63. The van der Waals surface area contributed by atoms with Gasteiger partial charge in [-0.25, -0.2) is 4.79 Å². The molecule has 0 fully saturated rings. The number of nitrogens with one attached hydrogen (secondary N) is 2. The fourth-order valence-corrected chi connectivity index (χ4v) is 2.13.